The number of hydrogen-bond donors (Lipinski definition) is 2. The second kappa shape index (κ2) is 6.11. The monoisotopic (exact) mass is 297 g/mol. The summed E-state index contributed by atoms with van der Waals surface area (Å²) in [7, 11) is 0. The predicted octanol–water partition coefficient (Wildman–Crippen LogP) is 2.85. The van der Waals surface area contributed by atoms with Gasteiger partial charge in [0, 0.05) is 24.8 Å². The van der Waals surface area contributed by atoms with E-state index >= 15 is 0 Å². The highest BCUT2D eigenvalue weighted by Crippen LogP contribution is 2.32. The van der Waals surface area contributed by atoms with Gasteiger partial charge in [-0.3, -0.25) is 0 Å². The van der Waals surface area contributed by atoms with E-state index in [4.69, 9.17) is 16.2 Å². The van der Waals surface area contributed by atoms with Crippen molar-refractivity contribution in [3.8, 4) is 11.6 Å². The van der Waals surface area contributed by atoms with E-state index in [1.54, 1.807) is 6.07 Å². The first-order chi connectivity index (χ1) is 9.90. The van der Waals surface area contributed by atoms with Gasteiger partial charge >= 0.3 is 6.18 Å². The van der Waals surface area contributed by atoms with Crippen LogP contribution in [0.3, 0.4) is 0 Å². The molecule has 1 aromatic carbocycles. The maximum Gasteiger partial charge on any atom is 0.416 e. The molecule has 2 aromatic rings. The number of ether oxygens (including phenoxy) is 1. The first kappa shape index (κ1) is 15.3. The lowest BCUT2D eigenvalue weighted by atomic mass is 10.1. The molecule has 0 fully saturated rings. The normalized spacial score (nSPS) is 13.0. The lowest BCUT2D eigenvalue weighted by molar-refractivity contribution is -0.137. The number of hydrogen-bond acceptors (Lipinski definition) is 4. The van der Waals surface area contributed by atoms with Crippen molar-refractivity contribution in [3.63, 3.8) is 0 Å². The summed E-state index contributed by atoms with van der Waals surface area (Å²) in [5.41, 5.74) is 11.1. The van der Waals surface area contributed by atoms with E-state index in [2.05, 4.69) is 4.98 Å². The van der Waals surface area contributed by atoms with Gasteiger partial charge in [0.1, 0.15) is 5.75 Å². The molecular formula is C14H14F3N3O. The molecule has 4 N–H and O–H groups in total. The van der Waals surface area contributed by atoms with E-state index < -0.39 is 11.7 Å². The van der Waals surface area contributed by atoms with Crippen LogP contribution in [0.5, 0.6) is 11.6 Å². The fraction of sp³-hybridized carbons (Fsp3) is 0.214. The maximum absolute atomic E-state index is 12.6. The number of nitrogens with two attached hydrogens (primary N) is 2. The summed E-state index contributed by atoms with van der Waals surface area (Å²) in [4.78, 5) is 4.00. The molecule has 0 saturated carbocycles. The largest absolute Gasteiger partial charge is 0.439 e. The van der Waals surface area contributed by atoms with E-state index in [1.807, 2.05) is 0 Å². The van der Waals surface area contributed by atoms with Gasteiger partial charge in [0.05, 0.1) is 5.56 Å². The molecule has 1 aromatic heterocycles. The molecule has 0 aliphatic heterocycles. The third-order valence-electron chi connectivity index (χ3n) is 2.83. The van der Waals surface area contributed by atoms with Crippen molar-refractivity contribution in [2.45, 2.75) is 12.2 Å². The zero-order chi connectivity index (χ0) is 15.5. The Kier molecular flexibility index (Phi) is 4.44. The zero-order valence-electron chi connectivity index (χ0n) is 11.0. The van der Waals surface area contributed by atoms with Crippen LogP contribution in [0, 0.1) is 0 Å². The van der Waals surface area contributed by atoms with Gasteiger partial charge in [-0.1, -0.05) is 12.1 Å². The minimum Gasteiger partial charge on any atom is -0.439 e. The molecule has 2 rings (SSSR count). The molecule has 7 heteroatoms. The molecule has 1 heterocycles. The zero-order valence-corrected chi connectivity index (χ0v) is 11.0. The highest BCUT2D eigenvalue weighted by molar-refractivity contribution is 5.33. The molecule has 0 aliphatic carbocycles. The lowest BCUT2D eigenvalue weighted by Crippen LogP contribution is -2.20. The Labute approximate surface area is 119 Å². The number of halogens is 3. The van der Waals surface area contributed by atoms with Gasteiger partial charge < -0.3 is 16.2 Å². The van der Waals surface area contributed by atoms with Crippen molar-refractivity contribution in [3.05, 3.63) is 53.7 Å². The van der Waals surface area contributed by atoms with Crippen LogP contribution in [-0.4, -0.2) is 11.5 Å². The molecule has 0 amide bonds. The van der Waals surface area contributed by atoms with Gasteiger partial charge in [0.25, 0.3) is 0 Å². The van der Waals surface area contributed by atoms with Crippen LogP contribution >= 0.6 is 0 Å². The second-order valence-corrected chi connectivity index (χ2v) is 4.40. The van der Waals surface area contributed by atoms with Crippen LogP contribution in [0.4, 0.5) is 13.2 Å². The second-order valence-electron chi connectivity index (χ2n) is 4.40. The van der Waals surface area contributed by atoms with E-state index in [9.17, 15) is 13.2 Å². The molecule has 112 valence electrons. The summed E-state index contributed by atoms with van der Waals surface area (Å²) in [6.07, 6.45) is -2.93. The van der Waals surface area contributed by atoms with Crippen molar-refractivity contribution >= 4 is 0 Å². The topological polar surface area (TPSA) is 74.2 Å². The highest BCUT2D eigenvalue weighted by Gasteiger charge is 2.30. The summed E-state index contributed by atoms with van der Waals surface area (Å²) in [5.74, 6) is 0.246. The van der Waals surface area contributed by atoms with Gasteiger partial charge in [-0.15, -0.1) is 0 Å². The van der Waals surface area contributed by atoms with Gasteiger partial charge in [0.2, 0.25) is 5.88 Å². The first-order valence-electron chi connectivity index (χ1n) is 6.17. The molecule has 0 bridgehead atoms. The summed E-state index contributed by atoms with van der Waals surface area (Å²) in [6.45, 7) is 0.273. The molecule has 4 nitrogen and oxygen atoms in total. The Hall–Kier alpha value is -2.12. The number of benzene rings is 1. The van der Waals surface area contributed by atoms with Crippen LogP contribution < -0.4 is 16.2 Å². The number of nitrogens with zero attached hydrogens (tertiary/aromatic N) is 1. The summed E-state index contributed by atoms with van der Waals surface area (Å²) in [5, 5.41) is 0. The molecule has 21 heavy (non-hydrogen) atoms. The molecule has 1 unspecified atom stereocenters. The third-order valence-corrected chi connectivity index (χ3v) is 2.83. The Bertz CT molecular complexity index is 599. The van der Waals surface area contributed by atoms with E-state index in [1.165, 1.54) is 24.4 Å². The van der Waals surface area contributed by atoms with Gasteiger partial charge in [0.15, 0.2) is 0 Å². The third kappa shape index (κ3) is 3.93. The molecule has 0 radical (unpaired) electrons. The smallest absolute Gasteiger partial charge is 0.416 e. The van der Waals surface area contributed by atoms with Crippen molar-refractivity contribution in [2.24, 2.45) is 11.5 Å². The van der Waals surface area contributed by atoms with Gasteiger partial charge in [-0.2, -0.15) is 13.2 Å². The van der Waals surface area contributed by atoms with Crippen LogP contribution in [0.25, 0.3) is 0 Å². The summed E-state index contributed by atoms with van der Waals surface area (Å²) in [6, 6.07) is 7.47. The van der Waals surface area contributed by atoms with Crippen LogP contribution in [0.1, 0.15) is 17.2 Å². The number of rotatable bonds is 4. The fourth-order valence-electron chi connectivity index (χ4n) is 1.66. The van der Waals surface area contributed by atoms with Crippen molar-refractivity contribution in [1.82, 2.24) is 4.98 Å². The molecule has 0 saturated heterocycles. The summed E-state index contributed by atoms with van der Waals surface area (Å²) < 4.78 is 43.1. The molecule has 0 aliphatic rings. The standard InChI is InChI=1S/C14H14F3N3O/c15-14(16,17)10-2-1-3-11(6-10)21-13-5-4-9(8-20-13)12(19)7-18/h1-6,8,12H,7,18-19H2. The maximum atomic E-state index is 12.6. The van der Waals surface area contributed by atoms with Crippen molar-refractivity contribution < 1.29 is 17.9 Å². The van der Waals surface area contributed by atoms with E-state index in [0.29, 0.717) is 0 Å². The minimum absolute atomic E-state index is 0.0631. The lowest BCUT2D eigenvalue weighted by Gasteiger charge is -2.11. The quantitative estimate of drug-likeness (QED) is 0.910. The van der Waals surface area contributed by atoms with Crippen molar-refractivity contribution in [1.29, 1.82) is 0 Å². The molecule has 0 spiro atoms. The average Bonchev–Trinajstić information content (AvgIpc) is 2.47. The Morgan fingerprint density at radius 2 is 1.95 bits per heavy atom. The van der Waals surface area contributed by atoms with Crippen LogP contribution in [-0.2, 0) is 6.18 Å². The highest BCUT2D eigenvalue weighted by atomic mass is 19.4. The predicted molar refractivity (Wildman–Crippen MR) is 71.7 cm³/mol. The number of aromatic nitrogens is 1. The number of alkyl halides is 3. The minimum atomic E-state index is -4.41. The van der Waals surface area contributed by atoms with E-state index in [-0.39, 0.29) is 24.2 Å². The van der Waals surface area contributed by atoms with Crippen LogP contribution in [0.2, 0.25) is 0 Å². The van der Waals surface area contributed by atoms with Crippen LogP contribution in [0.15, 0.2) is 42.6 Å². The van der Waals surface area contributed by atoms with E-state index in [0.717, 1.165) is 17.7 Å². The van der Waals surface area contributed by atoms with Gasteiger partial charge in [-0.05, 0) is 23.8 Å². The molecule has 1 atom stereocenters. The number of pyridine rings is 1. The fourth-order valence-corrected chi connectivity index (χ4v) is 1.66. The Morgan fingerprint density at radius 1 is 1.19 bits per heavy atom. The SMILES string of the molecule is NCC(N)c1ccc(Oc2cccc(C(F)(F)F)c2)nc1. The Balaban J connectivity index is 2.15. The Morgan fingerprint density at radius 3 is 2.52 bits per heavy atom. The molecular weight excluding hydrogens is 283 g/mol. The van der Waals surface area contributed by atoms with Crippen molar-refractivity contribution in [2.75, 3.05) is 6.54 Å². The summed E-state index contributed by atoms with van der Waals surface area (Å²) >= 11 is 0. The first-order valence-corrected chi connectivity index (χ1v) is 6.17. The van der Waals surface area contributed by atoms with Gasteiger partial charge in [-0.25, -0.2) is 4.98 Å². The average molecular weight is 297 g/mol.